The van der Waals surface area contributed by atoms with Crippen molar-refractivity contribution in [3.05, 3.63) is 12.7 Å². The summed E-state index contributed by atoms with van der Waals surface area (Å²) in [5, 5.41) is 0. The first-order valence-electron chi connectivity index (χ1n) is 4.65. The molecule has 74 valence electrons. The van der Waals surface area contributed by atoms with Gasteiger partial charge in [-0.15, -0.1) is 0 Å². The van der Waals surface area contributed by atoms with Crippen molar-refractivity contribution in [3.8, 4) is 0 Å². The fraction of sp³-hybridized carbons (Fsp3) is 0.700. The van der Waals surface area contributed by atoms with Gasteiger partial charge < -0.3 is 9.47 Å². The molecule has 0 aromatic carbocycles. The van der Waals surface area contributed by atoms with Crippen LogP contribution < -0.4 is 0 Å². The van der Waals surface area contributed by atoms with Crippen molar-refractivity contribution < 1.29 is 14.3 Å². The molecule has 1 fully saturated rings. The molecule has 0 aromatic heterocycles. The van der Waals surface area contributed by atoms with Crippen LogP contribution in [0.15, 0.2) is 12.7 Å². The number of ether oxygens (including phenoxy) is 2. The van der Waals surface area contributed by atoms with E-state index in [1.54, 1.807) is 0 Å². The summed E-state index contributed by atoms with van der Waals surface area (Å²) in [7, 11) is 0. The van der Waals surface area contributed by atoms with E-state index in [0.717, 1.165) is 19.3 Å². The minimum Gasteiger partial charge on any atom is -0.459 e. The Labute approximate surface area is 78.7 Å². The maximum absolute atomic E-state index is 10.8. The van der Waals surface area contributed by atoms with Gasteiger partial charge in [-0.25, -0.2) is 4.79 Å². The quantitative estimate of drug-likeness (QED) is 0.481. The Bertz CT molecular complexity index is 194. The summed E-state index contributed by atoms with van der Waals surface area (Å²) >= 11 is 0. The highest BCUT2D eigenvalue weighted by Gasteiger charge is 2.38. The van der Waals surface area contributed by atoms with Crippen molar-refractivity contribution in [3.63, 3.8) is 0 Å². The van der Waals surface area contributed by atoms with Crippen LogP contribution in [-0.4, -0.2) is 24.8 Å². The zero-order valence-electron chi connectivity index (χ0n) is 8.04. The lowest BCUT2D eigenvalue weighted by atomic mass is 9.80. The van der Waals surface area contributed by atoms with Gasteiger partial charge in [-0.2, -0.15) is 0 Å². The molecule has 0 bridgehead atoms. The summed E-state index contributed by atoms with van der Waals surface area (Å²) in [6, 6.07) is 0. The van der Waals surface area contributed by atoms with Crippen LogP contribution in [0.1, 0.15) is 26.2 Å². The highest BCUT2D eigenvalue weighted by Crippen LogP contribution is 2.35. The van der Waals surface area contributed by atoms with E-state index in [4.69, 9.17) is 9.47 Å². The second kappa shape index (κ2) is 4.42. The van der Waals surface area contributed by atoms with E-state index in [-0.39, 0.29) is 11.6 Å². The molecule has 0 heterocycles. The number of hydrogen-bond donors (Lipinski definition) is 0. The zero-order chi connectivity index (χ0) is 9.73. The largest absolute Gasteiger partial charge is 0.459 e. The second-order valence-electron chi connectivity index (χ2n) is 3.28. The normalized spacial score (nSPS) is 18.8. The topological polar surface area (TPSA) is 35.5 Å². The fourth-order valence-electron chi connectivity index (χ4n) is 1.47. The molecule has 0 radical (unpaired) electrons. The van der Waals surface area contributed by atoms with Gasteiger partial charge >= 0.3 is 5.97 Å². The van der Waals surface area contributed by atoms with Gasteiger partial charge in [0.05, 0.1) is 0 Å². The Kier molecular flexibility index (Phi) is 3.48. The molecule has 0 aromatic rings. The zero-order valence-corrected chi connectivity index (χ0v) is 8.04. The molecular weight excluding hydrogens is 168 g/mol. The van der Waals surface area contributed by atoms with Crippen molar-refractivity contribution in [2.24, 2.45) is 0 Å². The molecule has 1 rings (SSSR count). The lowest BCUT2D eigenvalue weighted by molar-refractivity contribution is -0.162. The van der Waals surface area contributed by atoms with E-state index < -0.39 is 0 Å². The number of carbonyl (C=O) groups is 1. The third-order valence-corrected chi connectivity index (χ3v) is 2.36. The van der Waals surface area contributed by atoms with Crippen molar-refractivity contribution in [2.45, 2.75) is 31.8 Å². The van der Waals surface area contributed by atoms with Gasteiger partial charge in [-0.3, -0.25) is 0 Å². The maximum atomic E-state index is 10.8. The van der Waals surface area contributed by atoms with Crippen LogP contribution in [0.4, 0.5) is 0 Å². The molecule has 13 heavy (non-hydrogen) atoms. The van der Waals surface area contributed by atoms with Gasteiger partial charge in [0, 0.05) is 12.7 Å². The first-order chi connectivity index (χ1) is 6.22. The minimum absolute atomic E-state index is 0.187. The number of carbonyl (C=O) groups excluding carboxylic acids is 1. The van der Waals surface area contributed by atoms with E-state index in [1.165, 1.54) is 6.08 Å². The summed E-state index contributed by atoms with van der Waals surface area (Å²) in [5.74, 6) is -0.369. The van der Waals surface area contributed by atoms with E-state index >= 15 is 0 Å². The number of esters is 1. The smallest absolute Gasteiger partial charge is 0.330 e. The number of rotatable bonds is 5. The van der Waals surface area contributed by atoms with Crippen molar-refractivity contribution >= 4 is 5.97 Å². The predicted molar refractivity (Wildman–Crippen MR) is 49.4 cm³/mol. The summed E-state index contributed by atoms with van der Waals surface area (Å²) in [5.41, 5.74) is -0.187. The number of hydrogen-bond acceptors (Lipinski definition) is 3. The lowest BCUT2D eigenvalue weighted by Gasteiger charge is -2.40. The average molecular weight is 184 g/mol. The molecule has 0 aliphatic heterocycles. The standard InChI is InChI=1S/C10H16O3/c1-3-9(11)12-8-10(13-4-2)6-5-7-10/h3H,1,4-8H2,2H3. The summed E-state index contributed by atoms with van der Waals surface area (Å²) in [6.07, 6.45) is 4.32. The van der Waals surface area contributed by atoms with Crippen LogP contribution >= 0.6 is 0 Å². The lowest BCUT2D eigenvalue weighted by Crippen LogP contribution is -2.45. The molecule has 0 saturated heterocycles. The van der Waals surface area contributed by atoms with E-state index in [9.17, 15) is 4.79 Å². The Hall–Kier alpha value is -0.830. The average Bonchev–Trinajstić information content (AvgIpc) is 2.09. The van der Waals surface area contributed by atoms with E-state index in [1.807, 2.05) is 6.92 Å². The van der Waals surface area contributed by atoms with Gasteiger partial charge in [0.25, 0.3) is 0 Å². The molecule has 1 aliphatic carbocycles. The Morgan fingerprint density at radius 3 is 2.69 bits per heavy atom. The molecule has 0 spiro atoms. The van der Waals surface area contributed by atoms with Gasteiger partial charge in [0.1, 0.15) is 12.2 Å². The molecule has 0 atom stereocenters. The van der Waals surface area contributed by atoms with Gasteiger partial charge in [-0.1, -0.05) is 6.58 Å². The van der Waals surface area contributed by atoms with Crippen molar-refractivity contribution in [2.75, 3.05) is 13.2 Å². The molecule has 0 N–H and O–H groups in total. The molecule has 0 unspecified atom stereocenters. The predicted octanol–water partition coefficient (Wildman–Crippen LogP) is 1.67. The Morgan fingerprint density at radius 1 is 1.62 bits per heavy atom. The van der Waals surface area contributed by atoms with Gasteiger partial charge in [0.15, 0.2) is 0 Å². The van der Waals surface area contributed by atoms with Crippen LogP contribution in [0.3, 0.4) is 0 Å². The monoisotopic (exact) mass is 184 g/mol. The third-order valence-electron chi connectivity index (χ3n) is 2.36. The summed E-state index contributed by atoms with van der Waals surface area (Å²) < 4.78 is 10.5. The van der Waals surface area contributed by atoms with Crippen LogP contribution in [0.5, 0.6) is 0 Å². The Balaban J connectivity index is 2.31. The highest BCUT2D eigenvalue weighted by molar-refractivity contribution is 5.81. The first-order valence-corrected chi connectivity index (χ1v) is 4.65. The summed E-state index contributed by atoms with van der Waals surface area (Å²) in [4.78, 5) is 10.8. The van der Waals surface area contributed by atoms with Crippen LogP contribution in [-0.2, 0) is 14.3 Å². The molecular formula is C10H16O3. The van der Waals surface area contributed by atoms with Crippen molar-refractivity contribution in [1.29, 1.82) is 0 Å². The SMILES string of the molecule is C=CC(=O)OCC1(OCC)CCC1. The Morgan fingerprint density at radius 2 is 2.31 bits per heavy atom. The summed E-state index contributed by atoms with van der Waals surface area (Å²) in [6.45, 7) is 6.33. The van der Waals surface area contributed by atoms with Crippen LogP contribution in [0, 0.1) is 0 Å². The van der Waals surface area contributed by atoms with E-state index in [0.29, 0.717) is 13.2 Å². The van der Waals surface area contributed by atoms with Gasteiger partial charge in [0.2, 0.25) is 0 Å². The maximum Gasteiger partial charge on any atom is 0.330 e. The van der Waals surface area contributed by atoms with Gasteiger partial charge in [-0.05, 0) is 26.2 Å². The van der Waals surface area contributed by atoms with E-state index in [2.05, 4.69) is 6.58 Å². The second-order valence-corrected chi connectivity index (χ2v) is 3.28. The molecule has 1 aliphatic rings. The molecule has 3 heteroatoms. The van der Waals surface area contributed by atoms with Crippen LogP contribution in [0.2, 0.25) is 0 Å². The third kappa shape index (κ3) is 2.56. The molecule has 3 nitrogen and oxygen atoms in total. The fourth-order valence-corrected chi connectivity index (χ4v) is 1.47. The van der Waals surface area contributed by atoms with Crippen molar-refractivity contribution in [1.82, 2.24) is 0 Å². The minimum atomic E-state index is -0.369. The molecule has 0 amide bonds. The highest BCUT2D eigenvalue weighted by atomic mass is 16.6. The van der Waals surface area contributed by atoms with Crippen LogP contribution in [0.25, 0.3) is 0 Å². The first kappa shape index (κ1) is 10.3. The molecule has 1 saturated carbocycles.